The second kappa shape index (κ2) is 10.7. The van der Waals surface area contributed by atoms with Crippen LogP contribution in [0.1, 0.15) is 5.56 Å². The largest absolute Gasteiger partial charge is 0.636 e. The Kier molecular flexibility index (Phi) is 7.27. The molecule has 8 heteroatoms. The minimum Gasteiger partial charge on any atom is -0.494 e. The van der Waals surface area contributed by atoms with Crippen LogP contribution in [-0.2, 0) is 25.3 Å². The SMILES string of the molecule is CN1CC(=O)OB(c2cccc(OCCc3cccc(Oc4ccccc4)c3)c2)OC(=O)C1. The monoisotopic (exact) mass is 445 g/mol. The van der Waals surface area contributed by atoms with Gasteiger partial charge in [0.1, 0.15) is 17.2 Å². The number of rotatable bonds is 7. The van der Waals surface area contributed by atoms with Gasteiger partial charge in [0, 0.05) is 11.9 Å². The van der Waals surface area contributed by atoms with Crippen LogP contribution in [0.4, 0.5) is 0 Å². The van der Waals surface area contributed by atoms with Gasteiger partial charge in [0.25, 0.3) is 0 Å². The summed E-state index contributed by atoms with van der Waals surface area (Å²) in [6.45, 7) is 0.483. The van der Waals surface area contributed by atoms with Crippen molar-refractivity contribution in [1.29, 1.82) is 0 Å². The van der Waals surface area contributed by atoms with Gasteiger partial charge in [-0.1, -0.05) is 42.5 Å². The van der Waals surface area contributed by atoms with Gasteiger partial charge in [-0.25, -0.2) is 0 Å². The first-order valence-electron chi connectivity index (χ1n) is 10.7. The highest BCUT2D eigenvalue weighted by Crippen LogP contribution is 2.22. The van der Waals surface area contributed by atoms with Gasteiger partial charge < -0.3 is 18.8 Å². The molecule has 0 aromatic heterocycles. The number of hydrogen-bond donors (Lipinski definition) is 0. The average Bonchev–Trinajstić information content (AvgIpc) is 2.79. The molecule has 0 bridgehead atoms. The summed E-state index contributed by atoms with van der Waals surface area (Å²) in [4.78, 5) is 25.5. The molecule has 0 N–H and O–H groups in total. The van der Waals surface area contributed by atoms with E-state index in [0.29, 0.717) is 24.2 Å². The molecular formula is C25H24BNO6. The lowest BCUT2D eigenvalue weighted by Crippen LogP contribution is -2.47. The number of benzene rings is 3. The summed E-state index contributed by atoms with van der Waals surface area (Å²) in [6, 6.07) is 24.5. The molecule has 1 aliphatic rings. The molecule has 0 aliphatic carbocycles. The van der Waals surface area contributed by atoms with Crippen molar-refractivity contribution in [2.24, 2.45) is 0 Å². The van der Waals surface area contributed by atoms with Gasteiger partial charge in [-0.05, 0) is 49.0 Å². The van der Waals surface area contributed by atoms with Crippen molar-refractivity contribution >= 4 is 24.5 Å². The zero-order valence-electron chi connectivity index (χ0n) is 18.3. The Hall–Kier alpha value is -3.78. The third kappa shape index (κ3) is 6.60. The normalized spacial score (nSPS) is 14.6. The molecule has 1 aliphatic heterocycles. The Bertz CT molecular complexity index is 1090. The van der Waals surface area contributed by atoms with E-state index in [1.807, 2.05) is 54.6 Å². The summed E-state index contributed by atoms with van der Waals surface area (Å²) in [7, 11) is 0.565. The second-order valence-corrected chi connectivity index (χ2v) is 7.72. The molecule has 1 heterocycles. The van der Waals surface area contributed by atoms with E-state index < -0.39 is 19.1 Å². The number of nitrogens with zero attached hydrogens (tertiary/aromatic N) is 1. The van der Waals surface area contributed by atoms with Crippen molar-refractivity contribution in [3.8, 4) is 17.2 Å². The van der Waals surface area contributed by atoms with Crippen LogP contribution in [0.5, 0.6) is 17.2 Å². The molecule has 4 rings (SSSR count). The van der Waals surface area contributed by atoms with E-state index >= 15 is 0 Å². The lowest BCUT2D eigenvalue weighted by Gasteiger charge is -2.22. The predicted octanol–water partition coefficient (Wildman–Crippen LogP) is 2.83. The third-order valence-corrected chi connectivity index (χ3v) is 4.94. The Morgan fingerprint density at radius 2 is 1.48 bits per heavy atom. The van der Waals surface area contributed by atoms with Gasteiger partial charge >= 0.3 is 19.1 Å². The topological polar surface area (TPSA) is 74.3 Å². The van der Waals surface area contributed by atoms with Crippen LogP contribution >= 0.6 is 0 Å². The lowest BCUT2D eigenvalue weighted by atomic mass is 9.78. The van der Waals surface area contributed by atoms with Gasteiger partial charge in [-0.2, -0.15) is 0 Å². The first-order chi connectivity index (χ1) is 16.0. The van der Waals surface area contributed by atoms with Crippen molar-refractivity contribution in [3.63, 3.8) is 0 Å². The molecule has 0 radical (unpaired) electrons. The molecule has 0 atom stereocenters. The Balaban J connectivity index is 1.35. The van der Waals surface area contributed by atoms with E-state index in [0.717, 1.165) is 17.1 Å². The maximum absolute atomic E-state index is 12.0. The van der Waals surface area contributed by atoms with Crippen LogP contribution in [0.2, 0.25) is 0 Å². The van der Waals surface area contributed by atoms with Gasteiger partial charge in [-0.15, -0.1) is 0 Å². The van der Waals surface area contributed by atoms with E-state index in [9.17, 15) is 9.59 Å². The van der Waals surface area contributed by atoms with E-state index in [2.05, 4.69) is 0 Å². The van der Waals surface area contributed by atoms with Crippen LogP contribution in [0.15, 0.2) is 78.9 Å². The van der Waals surface area contributed by atoms with Crippen molar-refractivity contribution < 1.29 is 28.4 Å². The molecule has 7 nitrogen and oxygen atoms in total. The maximum atomic E-state index is 12.0. The Morgan fingerprint density at radius 1 is 0.818 bits per heavy atom. The highest BCUT2D eigenvalue weighted by molar-refractivity contribution is 6.64. The molecule has 0 unspecified atom stereocenters. The number of carbonyl (C=O) groups excluding carboxylic acids is 2. The zero-order valence-corrected chi connectivity index (χ0v) is 18.3. The standard InChI is InChI=1S/C25H24BNO6/c1-27-17-24(28)32-26(33-25(29)18-27)20-8-6-11-22(16-20)30-14-13-19-7-5-12-23(15-19)31-21-9-3-2-4-10-21/h2-12,15-16H,13-14,17-18H2,1H3. The highest BCUT2D eigenvalue weighted by Gasteiger charge is 2.33. The summed E-state index contributed by atoms with van der Waals surface area (Å²) in [5.74, 6) is 1.22. The molecule has 168 valence electrons. The summed E-state index contributed by atoms with van der Waals surface area (Å²) in [5.41, 5.74) is 1.61. The quantitative estimate of drug-likeness (QED) is 0.518. The Labute approximate surface area is 193 Å². The van der Waals surface area contributed by atoms with Crippen molar-refractivity contribution in [2.75, 3.05) is 26.7 Å². The minimum absolute atomic E-state index is 0.0227. The number of para-hydroxylation sites is 1. The van der Waals surface area contributed by atoms with Gasteiger partial charge in [0.2, 0.25) is 0 Å². The molecule has 1 saturated heterocycles. The van der Waals surface area contributed by atoms with Crippen LogP contribution < -0.4 is 14.9 Å². The van der Waals surface area contributed by atoms with Crippen LogP contribution in [0.3, 0.4) is 0 Å². The van der Waals surface area contributed by atoms with E-state index in [1.165, 1.54) is 0 Å². The lowest BCUT2D eigenvalue weighted by molar-refractivity contribution is -0.145. The first kappa shape index (κ1) is 22.4. The van der Waals surface area contributed by atoms with Gasteiger partial charge in [0.05, 0.1) is 19.7 Å². The highest BCUT2D eigenvalue weighted by atomic mass is 16.6. The molecule has 33 heavy (non-hydrogen) atoms. The number of ether oxygens (including phenoxy) is 2. The van der Waals surface area contributed by atoms with E-state index in [4.69, 9.17) is 18.8 Å². The maximum Gasteiger partial charge on any atom is 0.636 e. The number of carbonyl (C=O) groups is 2. The third-order valence-electron chi connectivity index (χ3n) is 4.94. The fourth-order valence-corrected chi connectivity index (χ4v) is 3.40. The summed E-state index contributed by atoms with van der Waals surface area (Å²) in [5, 5.41) is 0. The second-order valence-electron chi connectivity index (χ2n) is 7.72. The minimum atomic E-state index is -1.09. The molecule has 0 spiro atoms. The van der Waals surface area contributed by atoms with Crippen LogP contribution in [-0.4, -0.2) is 50.7 Å². The molecular weight excluding hydrogens is 421 g/mol. The predicted molar refractivity (Wildman–Crippen MR) is 124 cm³/mol. The molecule has 3 aromatic rings. The zero-order chi connectivity index (χ0) is 23.0. The van der Waals surface area contributed by atoms with Crippen LogP contribution in [0, 0.1) is 0 Å². The van der Waals surface area contributed by atoms with E-state index in [1.54, 1.807) is 36.2 Å². The smallest absolute Gasteiger partial charge is 0.494 e. The molecule has 3 aromatic carbocycles. The summed E-state index contributed by atoms with van der Waals surface area (Å²) < 4.78 is 22.4. The molecule has 0 amide bonds. The van der Waals surface area contributed by atoms with E-state index in [-0.39, 0.29) is 13.1 Å². The summed E-state index contributed by atoms with van der Waals surface area (Å²) >= 11 is 0. The van der Waals surface area contributed by atoms with Gasteiger partial charge in [0.15, 0.2) is 0 Å². The fourth-order valence-electron chi connectivity index (χ4n) is 3.40. The Morgan fingerprint density at radius 3 is 2.24 bits per heavy atom. The number of hydrogen-bond acceptors (Lipinski definition) is 7. The van der Waals surface area contributed by atoms with Gasteiger partial charge in [-0.3, -0.25) is 14.5 Å². The van der Waals surface area contributed by atoms with Crippen molar-refractivity contribution in [3.05, 3.63) is 84.4 Å². The molecule has 0 saturated carbocycles. The molecule has 1 fully saturated rings. The fraction of sp³-hybridized carbons (Fsp3) is 0.200. The van der Waals surface area contributed by atoms with Crippen molar-refractivity contribution in [2.45, 2.75) is 6.42 Å². The first-order valence-corrected chi connectivity index (χ1v) is 10.7. The van der Waals surface area contributed by atoms with Crippen molar-refractivity contribution in [1.82, 2.24) is 4.90 Å². The average molecular weight is 445 g/mol. The summed E-state index contributed by atoms with van der Waals surface area (Å²) in [6.07, 6.45) is 0.677. The van der Waals surface area contributed by atoms with Crippen LogP contribution in [0.25, 0.3) is 0 Å². The number of likely N-dealkylation sites (N-methyl/N-ethyl adjacent to an activating group) is 1.